The molecule has 7 heteroatoms. The molecule has 0 bridgehead atoms. The zero-order chi connectivity index (χ0) is 13.8. The van der Waals surface area contributed by atoms with Crippen LogP contribution in [0.25, 0.3) is 0 Å². The Kier molecular flexibility index (Phi) is 10.3. The maximum Gasteiger partial charge on any atom is 0.239 e. The third-order valence-corrected chi connectivity index (χ3v) is 2.13. The fraction of sp³-hybridized carbons (Fsp3) is 0.727. The highest BCUT2D eigenvalue weighted by Gasteiger charge is 2.09. The quantitative estimate of drug-likeness (QED) is 0.243. The second-order valence-corrected chi connectivity index (χ2v) is 3.90. The molecule has 0 unspecified atom stereocenters. The first-order valence-corrected chi connectivity index (χ1v) is 5.85. The Labute approximate surface area is 107 Å². The molecule has 1 amide bonds. The van der Waals surface area contributed by atoms with Crippen LogP contribution in [0.1, 0.15) is 6.92 Å². The molecule has 0 aliphatic heterocycles. The fourth-order valence-electron chi connectivity index (χ4n) is 1.16. The minimum Gasteiger partial charge on any atom is -0.395 e. The molecule has 0 aliphatic carbocycles. The molecule has 0 rings (SSSR count). The van der Waals surface area contributed by atoms with Crippen LogP contribution in [0.2, 0.25) is 0 Å². The van der Waals surface area contributed by atoms with E-state index in [2.05, 4.69) is 16.0 Å². The molecule has 0 aromatic heterocycles. The lowest BCUT2D eigenvalue weighted by Gasteiger charge is -2.16. The SMILES string of the molecule is C/C(=C\NCC(=O)N[C@@H](CO)CNCCO)CO. The first kappa shape index (κ1) is 16.9. The van der Waals surface area contributed by atoms with Crippen LogP contribution in [-0.4, -0.2) is 66.7 Å². The van der Waals surface area contributed by atoms with Crippen LogP contribution in [0.5, 0.6) is 0 Å². The Morgan fingerprint density at radius 1 is 1.33 bits per heavy atom. The van der Waals surface area contributed by atoms with Gasteiger partial charge in [0.2, 0.25) is 5.91 Å². The number of carbonyl (C=O) groups is 1. The number of aliphatic hydroxyl groups is 3. The van der Waals surface area contributed by atoms with E-state index in [-0.39, 0.29) is 38.3 Å². The summed E-state index contributed by atoms with van der Waals surface area (Å²) in [6, 6.07) is -0.381. The molecule has 1 atom stereocenters. The van der Waals surface area contributed by atoms with E-state index in [1.807, 2.05) is 0 Å². The largest absolute Gasteiger partial charge is 0.395 e. The lowest BCUT2D eigenvalue weighted by molar-refractivity contribution is -0.121. The predicted octanol–water partition coefficient (Wildman–Crippen LogP) is -2.47. The first-order valence-electron chi connectivity index (χ1n) is 5.85. The van der Waals surface area contributed by atoms with Crippen LogP contribution in [0.3, 0.4) is 0 Å². The topological polar surface area (TPSA) is 114 Å². The number of nitrogens with one attached hydrogen (secondary N) is 3. The maximum atomic E-state index is 11.5. The first-order chi connectivity index (χ1) is 8.63. The van der Waals surface area contributed by atoms with E-state index in [0.717, 1.165) is 5.57 Å². The summed E-state index contributed by atoms with van der Waals surface area (Å²) in [4.78, 5) is 11.5. The Morgan fingerprint density at radius 3 is 2.61 bits per heavy atom. The summed E-state index contributed by atoms with van der Waals surface area (Å²) < 4.78 is 0. The van der Waals surface area contributed by atoms with Crippen molar-refractivity contribution >= 4 is 5.91 Å². The molecule has 6 N–H and O–H groups in total. The van der Waals surface area contributed by atoms with Crippen LogP contribution in [0.15, 0.2) is 11.8 Å². The number of hydrogen-bond donors (Lipinski definition) is 6. The number of amides is 1. The van der Waals surface area contributed by atoms with Crippen LogP contribution in [-0.2, 0) is 4.79 Å². The van der Waals surface area contributed by atoms with Gasteiger partial charge in [-0.05, 0) is 18.7 Å². The zero-order valence-electron chi connectivity index (χ0n) is 10.6. The van der Waals surface area contributed by atoms with Gasteiger partial charge in [0.15, 0.2) is 0 Å². The molecular formula is C11H23N3O4. The predicted molar refractivity (Wildman–Crippen MR) is 67.8 cm³/mol. The molecule has 0 heterocycles. The van der Waals surface area contributed by atoms with Gasteiger partial charge in [0.1, 0.15) is 0 Å². The van der Waals surface area contributed by atoms with Gasteiger partial charge in [0.25, 0.3) is 0 Å². The highest BCUT2D eigenvalue weighted by atomic mass is 16.3. The monoisotopic (exact) mass is 261 g/mol. The zero-order valence-corrected chi connectivity index (χ0v) is 10.6. The van der Waals surface area contributed by atoms with E-state index in [1.54, 1.807) is 13.1 Å². The summed E-state index contributed by atoms with van der Waals surface area (Å²) in [6.07, 6.45) is 1.57. The lowest BCUT2D eigenvalue weighted by atomic mass is 10.3. The molecule has 0 aromatic carbocycles. The van der Waals surface area contributed by atoms with Crippen molar-refractivity contribution in [3.63, 3.8) is 0 Å². The highest BCUT2D eigenvalue weighted by molar-refractivity contribution is 5.78. The van der Waals surface area contributed by atoms with Gasteiger partial charge in [0, 0.05) is 13.1 Å². The summed E-state index contributed by atoms with van der Waals surface area (Å²) in [5, 5.41) is 34.6. The molecule has 0 saturated carbocycles. The Hall–Kier alpha value is -1.15. The maximum absolute atomic E-state index is 11.5. The van der Waals surface area contributed by atoms with Gasteiger partial charge < -0.3 is 31.3 Å². The Morgan fingerprint density at radius 2 is 2.06 bits per heavy atom. The second-order valence-electron chi connectivity index (χ2n) is 3.90. The third kappa shape index (κ3) is 8.94. The van der Waals surface area contributed by atoms with E-state index in [1.165, 1.54) is 0 Å². The fourth-order valence-corrected chi connectivity index (χ4v) is 1.16. The number of carbonyl (C=O) groups excluding carboxylic acids is 1. The van der Waals surface area contributed by atoms with Gasteiger partial charge in [-0.3, -0.25) is 4.79 Å². The van der Waals surface area contributed by atoms with E-state index >= 15 is 0 Å². The third-order valence-electron chi connectivity index (χ3n) is 2.13. The summed E-state index contributed by atoms with van der Waals surface area (Å²) in [7, 11) is 0. The smallest absolute Gasteiger partial charge is 0.239 e. The lowest BCUT2D eigenvalue weighted by Crippen LogP contribution is -2.47. The number of aliphatic hydroxyl groups excluding tert-OH is 3. The molecular weight excluding hydrogens is 238 g/mol. The molecule has 106 valence electrons. The standard InChI is InChI=1S/C11H23N3O4/c1-9(7-16)4-13-6-11(18)14-10(8-17)5-12-2-3-15/h4,10,12-13,15-17H,2-3,5-8H2,1H3,(H,14,18)/b9-4+/t10-/m1/s1. The molecule has 18 heavy (non-hydrogen) atoms. The highest BCUT2D eigenvalue weighted by Crippen LogP contribution is 1.85. The average Bonchev–Trinajstić information content (AvgIpc) is 2.37. The van der Waals surface area contributed by atoms with Gasteiger partial charge in [-0.2, -0.15) is 0 Å². The summed E-state index contributed by atoms with van der Waals surface area (Å²) in [5.41, 5.74) is 0.728. The Bertz CT molecular complexity index is 259. The van der Waals surface area contributed by atoms with Gasteiger partial charge in [0.05, 0.1) is 32.4 Å². The summed E-state index contributed by atoms with van der Waals surface area (Å²) in [6.45, 7) is 2.42. The van der Waals surface area contributed by atoms with Crippen molar-refractivity contribution in [2.75, 3.05) is 39.5 Å². The molecule has 0 saturated heterocycles. The van der Waals surface area contributed by atoms with Gasteiger partial charge in [-0.1, -0.05) is 0 Å². The Balaban J connectivity index is 3.82. The van der Waals surface area contributed by atoms with E-state index in [9.17, 15) is 4.79 Å². The van der Waals surface area contributed by atoms with Crippen molar-refractivity contribution in [2.24, 2.45) is 0 Å². The summed E-state index contributed by atoms with van der Waals surface area (Å²) >= 11 is 0. The van der Waals surface area contributed by atoms with Crippen LogP contribution in [0, 0.1) is 0 Å². The normalized spacial score (nSPS) is 13.2. The van der Waals surface area contributed by atoms with Gasteiger partial charge >= 0.3 is 0 Å². The van der Waals surface area contributed by atoms with Crippen molar-refractivity contribution < 1.29 is 20.1 Å². The van der Waals surface area contributed by atoms with Crippen LogP contribution >= 0.6 is 0 Å². The van der Waals surface area contributed by atoms with Gasteiger partial charge in [-0.25, -0.2) is 0 Å². The average molecular weight is 261 g/mol. The number of rotatable bonds is 10. The molecule has 0 radical (unpaired) electrons. The van der Waals surface area contributed by atoms with E-state index in [4.69, 9.17) is 15.3 Å². The molecule has 7 nitrogen and oxygen atoms in total. The molecule has 0 fully saturated rings. The second kappa shape index (κ2) is 11.0. The van der Waals surface area contributed by atoms with Crippen molar-refractivity contribution in [2.45, 2.75) is 13.0 Å². The van der Waals surface area contributed by atoms with Gasteiger partial charge in [-0.15, -0.1) is 0 Å². The van der Waals surface area contributed by atoms with Crippen molar-refractivity contribution in [3.8, 4) is 0 Å². The van der Waals surface area contributed by atoms with E-state index < -0.39 is 0 Å². The minimum atomic E-state index is -0.381. The summed E-state index contributed by atoms with van der Waals surface area (Å²) in [5.74, 6) is -0.248. The molecule has 0 aliphatic rings. The van der Waals surface area contributed by atoms with Crippen LogP contribution < -0.4 is 16.0 Å². The van der Waals surface area contributed by atoms with Crippen LogP contribution in [0.4, 0.5) is 0 Å². The molecule has 0 aromatic rings. The van der Waals surface area contributed by atoms with Crippen molar-refractivity contribution in [3.05, 3.63) is 11.8 Å². The number of hydrogen-bond acceptors (Lipinski definition) is 6. The van der Waals surface area contributed by atoms with E-state index in [0.29, 0.717) is 13.1 Å². The minimum absolute atomic E-state index is 0.0128. The van der Waals surface area contributed by atoms with Crippen molar-refractivity contribution in [1.82, 2.24) is 16.0 Å². The van der Waals surface area contributed by atoms with Crippen molar-refractivity contribution in [1.29, 1.82) is 0 Å². The molecule has 0 spiro atoms.